The number of carbonyl (C=O) groups excluding carboxylic acids is 5. The molecule has 0 saturated carbocycles. The number of hydrogen-bond acceptors (Lipinski definition) is 11. The summed E-state index contributed by atoms with van der Waals surface area (Å²) in [6.07, 6.45) is 1.45. The van der Waals surface area contributed by atoms with Gasteiger partial charge in [0.2, 0.25) is 5.91 Å². The molecule has 1 aliphatic heterocycles. The zero-order valence-electron chi connectivity index (χ0n) is 32.1. The van der Waals surface area contributed by atoms with E-state index in [1.165, 1.54) is 50.5 Å². The molecule has 4 aromatic rings. The monoisotopic (exact) mass is 800 g/mol. The number of thiophene rings is 1. The summed E-state index contributed by atoms with van der Waals surface area (Å²) in [5.41, 5.74) is 1.58. The Morgan fingerprint density at radius 3 is 2.34 bits per heavy atom. The van der Waals surface area contributed by atoms with Gasteiger partial charge in [-0.05, 0) is 94.3 Å². The molecular formula is C41H44N4O9S2. The van der Waals surface area contributed by atoms with Gasteiger partial charge in [-0.25, -0.2) is 9.59 Å². The molecule has 4 amide bonds. The third-order valence-corrected chi connectivity index (χ3v) is 10.6. The molecule has 1 aliphatic rings. The minimum Gasteiger partial charge on any atom is -0.497 e. The van der Waals surface area contributed by atoms with Gasteiger partial charge in [-0.2, -0.15) is 0 Å². The highest BCUT2D eigenvalue weighted by Crippen LogP contribution is 2.39. The van der Waals surface area contributed by atoms with Gasteiger partial charge in [-0.3, -0.25) is 14.4 Å². The summed E-state index contributed by atoms with van der Waals surface area (Å²) >= 11 is 2.47. The summed E-state index contributed by atoms with van der Waals surface area (Å²) in [6.45, 7) is 7.70. The van der Waals surface area contributed by atoms with Crippen LogP contribution in [0.15, 0.2) is 83.4 Å². The quantitative estimate of drug-likeness (QED) is 0.0750. The van der Waals surface area contributed by atoms with Crippen LogP contribution in [0.4, 0.5) is 15.5 Å². The van der Waals surface area contributed by atoms with Crippen molar-refractivity contribution in [3.8, 4) is 11.5 Å². The number of benzene rings is 3. The lowest BCUT2D eigenvalue weighted by Crippen LogP contribution is -2.39. The average molecular weight is 801 g/mol. The van der Waals surface area contributed by atoms with Crippen LogP contribution >= 0.6 is 23.1 Å². The third kappa shape index (κ3) is 10.5. The summed E-state index contributed by atoms with van der Waals surface area (Å²) in [7, 11) is 4.30. The SMILES string of the molecule is COC(=O)c1c(NC(=O)C(C)Sc2cccc(NC(=O)/C(=C\c3cc(OC)ccc3OC)NC(=O)c3ccccc3)c2)sc2c1CCN(C(=O)OC(C)(C)C)C2. The first kappa shape index (κ1) is 41.4. The predicted molar refractivity (Wildman–Crippen MR) is 216 cm³/mol. The Bertz CT molecular complexity index is 2140. The summed E-state index contributed by atoms with van der Waals surface area (Å²) in [5, 5.41) is 8.19. The van der Waals surface area contributed by atoms with Crippen LogP contribution in [0.25, 0.3) is 6.08 Å². The van der Waals surface area contributed by atoms with Crippen LogP contribution < -0.4 is 25.4 Å². The van der Waals surface area contributed by atoms with Crippen molar-refractivity contribution in [2.75, 3.05) is 38.5 Å². The Morgan fingerprint density at radius 1 is 0.911 bits per heavy atom. The largest absolute Gasteiger partial charge is 0.497 e. The third-order valence-electron chi connectivity index (χ3n) is 8.37. The van der Waals surface area contributed by atoms with Gasteiger partial charge in [0, 0.05) is 33.1 Å². The number of esters is 1. The summed E-state index contributed by atoms with van der Waals surface area (Å²) in [5.74, 6) is -1.04. The van der Waals surface area contributed by atoms with Crippen molar-refractivity contribution in [1.82, 2.24) is 10.2 Å². The number of ether oxygens (including phenoxy) is 4. The minimum atomic E-state index is -0.658. The number of nitrogens with one attached hydrogen (secondary N) is 3. The highest BCUT2D eigenvalue weighted by Gasteiger charge is 2.33. The molecule has 2 heterocycles. The Kier molecular flexibility index (Phi) is 13.5. The van der Waals surface area contributed by atoms with Gasteiger partial charge >= 0.3 is 12.1 Å². The van der Waals surface area contributed by atoms with Crippen molar-refractivity contribution in [2.45, 2.75) is 56.4 Å². The van der Waals surface area contributed by atoms with E-state index in [1.807, 2.05) is 0 Å². The van der Waals surface area contributed by atoms with Crippen molar-refractivity contribution in [3.05, 3.63) is 106 Å². The molecule has 15 heteroatoms. The van der Waals surface area contributed by atoms with Gasteiger partial charge in [-0.15, -0.1) is 23.1 Å². The van der Waals surface area contributed by atoms with E-state index in [0.717, 1.165) is 10.4 Å². The number of nitrogens with zero attached hydrogens (tertiary/aromatic N) is 1. The van der Waals surface area contributed by atoms with E-state index in [-0.39, 0.29) is 23.7 Å². The number of rotatable bonds is 12. The fourth-order valence-corrected chi connectivity index (χ4v) is 7.84. The first-order chi connectivity index (χ1) is 26.7. The molecule has 1 aromatic heterocycles. The van der Waals surface area contributed by atoms with E-state index in [2.05, 4.69) is 16.0 Å². The number of methoxy groups -OCH3 is 3. The number of carbonyl (C=O) groups is 5. The number of hydrogen-bond donors (Lipinski definition) is 3. The maximum atomic E-state index is 13.8. The Balaban J connectivity index is 1.32. The molecule has 56 heavy (non-hydrogen) atoms. The zero-order valence-corrected chi connectivity index (χ0v) is 33.8. The first-order valence-electron chi connectivity index (χ1n) is 17.6. The van der Waals surface area contributed by atoms with Crippen LogP contribution in [-0.4, -0.2) is 73.4 Å². The molecular weight excluding hydrogens is 757 g/mol. The Morgan fingerprint density at radius 2 is 1.66 bits per heavy atom. The number of anilines is 2. The molecule has 0 radical (unpaired) electrons. The van der Waals surface area contributed by atoms with Gasteiger partial charge < -0.3 is 39.8 Å². The molecule has 5 rings (SSSR count). The van der Waals surface area contributed by atoms with Crippen molar-refractivity contribution < 1.29 is 42.9 Å². The zero-order chi connectivity index (χ0) is 40.6. The van der Waals surface area contributed by atoms with Crippen molar-refractivity contribution in [2.24, 2.45) is 0 Å². The molecule has 1 unspecified atom stereocenters. The summed E-state index contributed by atoms with van der Waals surface area (Å²) < 4.78 is 21.5. The smallest absolute Gasteiger partial charge is 0.410 e. The fourth-order valence-electron chi connectivity index (χ4n) is 5.66. The lowest BCUT2D eigenvalue weighted by molar-refractivity contribution is -0.115. The second kappa shape index (κ2) is 18.2. The topological polar surface area (TPSA) is 162 Å². The van der Waals surface area contributed by atoms with E-state index in [4.69, 9.17) is 18.9 Å². The van der Waals surface area contributed by atoms with Crippen LogP contribution in [0.1, 0.15) is 64.4 Å². The fraction of sp³-hybridized carbons (Fsp3) is 0.293. The van der Waals surface area contributed by atoms with Crippen LogP contribution in [0, 0.1) is 0 Å². The summed E-state index contributed by atoms with van der Waals surface area (Å²) in [4.78, 5) is 69.3. The highest BCUT2D eigenvalue weighted by atomic mass is 32.2. The number of thioether (sulfide) groups is 1. The first-order valence-corrected chi connectivity index (χ1v) is 19.3. The standard InChI is InChI=1S/C41H44N4O9S2/c1-24(35(46)44-38-34(39(49)53-7)30-18-19-45(23-33(30)56-38)40(50)54-41(2,3)4)55-29-15-11-14-27(22-29)42-37(48)31(43-36(47)25-12-9-8-10-13-25)21-26-20-28(51-5)16-17-32(26)52-6/h8-17,20-22,24H,18-19,23H2,1-7H3,(H,42,48)(H,43,47)(H,44,46)/b31-21+. The second-order valence-corrected chi connectivity index (χ2v) is 16.1. The van der Waals surface area contributed by atoms with Crippen LogP contribution in [0.3, 0.4) is 0 Å². The predicted octanol–water partition coefficient (Wildman–Crippen LogP) is 7.37. The minimum absolute atomic E-state index is 0.0505. The van der Waals surface area contributed by atoms with Crippen LogP contribution in [-0.2, 0) is 32.0 Å². The van der Waals surface area contributed by atoms with Crippen molar-refractivity contribution in [1.29, 1.82) is 0 Å². The van der Waals surface area contributed by atoms with Crippen molar-refractivity contribution in [3.63, 3.8) is 0 Å². The molecule has 0 aliphatic carbocycles. The lowest BCUT2D eigenvalue weighted by Gasteiger charge is -2.30. The van der Waals surface area contributed by atoms with E-state index in [9.17, 15) is 24.0 Å². The molecule has 13 nitrogen and oxygen atoms in total. The van der Waals surface area contributed by atoms with Crippen LogP contribution in [0.5, 0.6) is 11.5 Å². The van der Waals surface area contributed by atoms with E-state index < -0.39 is 34.7 Å². The molecule has 0 spiro atoms. The summed E-state index contributed by atoms with van der Waals surface area (Å²) in [6, 6.07) is 20.5. The molecule has 3 aromatic carbocycles. The average Bonchev–Trinajstić information content (AvgIpc) is 3.53. The van der Waals surface area contributed by atoms with Gasteiger partial charge in [0.25, 0.3) is 11.8 Å². The van der Waals surface area contributed by atoms with E-state index >= 15 is 0 Å². The molecule has 1 atom stereocenters. The van der Waals surface area contributed by atoms with Crippen LogP contribution in [0.2, 0.25) is 0 Å². The molecule has 3 N–H and O–H groups in total. The van der Waals surface area contributed by atoms with Gasteiger partial charge in [0.15, 0.2) is 0 Å². The van der Waals surface area contributed by atoms with E-state index in [1.54, 1.807) is 105 Å². The molecule has 0 bridgehead atoms. The Labute approximate surface area is 333 Å². The van der Waals surface area contributed by atoms with Gasteiger partial charge in [0.1, 0.15) is 27.8 Å². The highest BCUT2D eigenvalue weighted by molar-refractivity contribution is 8.00. The number of fused-ring (bicyclic) bond motifs is 1. The second-order valence-electron chi connectivity index (χ2n) is 13.6. The molecule has 0 saturated heterocycles. The van der Waals surface area contributed by atoms with Gasteiger partial charge in [0.05, 0.1) is 38.7 Å². The maximum absolute atomic E-state index is 13.8. The molecule has 0 fully saturated rings. The van der Waals surface area contributed by atoms with Crippen molar-refractivity contribution >= 4 is 69.6 Å². The van der Waals surface area contributed by atoms with E-state index in [0.29, 0.717) is 51.2 Å². The number of amides is 4. The molecule has 294 valence electrons. The normalized spacial score (nSPS) is 13.1. The lowest BCUT2D eigenvalue weighted by atomic mass is 10.0. The maximum Gasteiger partial charge on any atom is 0.410 e. The Hall–Kier alpha value is -5.80. The van der Waals surface area contributed by atoms with Gasteiger partial charge in [-0.1, -0.05) is 24.3 Å².